The molecule has 1 aliphatic rings. The zero-order chi connectivity index (χ0) is 24.6. The van der Waals surface area contributed by atoms with Crippen molar-refractivity contribution >= 4 is 28.6 Å². The highest BCUT2D eigenvalue weighted by molar-refractivity contribution is 5.97. The van der Waals surface area contributed by atoms with E-state index in [9.17, 15) is 14.4 Å². The molecule has 0 radical (unpaired) electrons. The molecular weight excluding hydrogens is 450 g/mol. The minimum absolute atomic E-state index is 0.0854. The molecule has 2 heterocycles. The van der Waals surface area contributed by atoms with E-state index in [-0.39, 0.29) is 37.3 Å². The summed E-state index contributed by atoms with van der Waals surface area (Å²) in [5.41, 5.74) is 1.89. The zero-order valence-electron chi connectivity index (χ0n) is 19.6. The van der Waals surface area contributed by atoms with Crippen LogP contribution in [0.25, 0.3) is 10.9 Å². The van der Waals surface area contributed by atoms with Gasteiger partial charge in [-0.25, -0.2) is 0 Å². The molecule has 0 spiro atoms. The number of methoxy groups -OCH3 is 1. The van der Waals surface area contributed by atoms with Crippen LogP contribution in [0.15, 0.2) is 42.5 Å². The van der Waals surface area contributed by atoms with Gasteiger partial charge >= 0.3 is 0 Å². The van der Waals surface area contributed by atoms with Crippen molar-refractivity contribution in [3.63, 3.8) is 0 Å². The summed E-state index contributed by atoms with van der Waals surface area (Å²) in [7, 11) is 1.54. The summed E-state index contributed by atoms with van der Waals surface area (Å²) in [6.45, 7) is 0.807. The van der Waals surface area contributed by atoms with Crippen LogP contribution in [-0.2, 0) is 16.0 Å². The third kappa shape index (κ3) is 6.08. The molecule has 2 aromatic carbocycles. The van der Waals surface area contributed by atoms with Gasteiger partial charge in [0.1, 0.15) is 24.1 Å². The van der Waals surface area contributed by atoms with E-state index in [1.54, 1.807) is 18.2 Å². The van der Waals surface area contributed by atoms with Gasteiger partial charge in [-0.1, -0.05) is 18.2 Å². The monoisotopic (exact) mass is 479 g/mol. The molecule has 10 nitrogen and oxygen atoms in total. The van der Waals surface area contributed by atoms with E-state index in [1.807, 2.05) is 24.3 Å². The Kier molecular flexibility index (Phi) is 7.81. The fraction of sp³-hybridized carbons (Fsp3) is 0.360. The number of carbonyl (C=O) groups excluding carboxylic acids is 3. The lowest BCUT2D eigenvalue weighted by molar-refractivity contribution is -0.129. The van der Waals surface area contributed by atoms with E-state index in [4.69, 9.17) is 9.47 Å². The van der Waals surface area contributed by atoms with Crippen LogP contribution in [0.1, 0.15) is 35.3 Å². The van der Waals surface area contributed by atoms with Crippen molar-refractivity contribution in [3.8, 4) is 11.5 Å². The Morgan fingerprint density at radius 1 is 1.14 bits per heavy atom. The number of aromatic amines is 1. The van der Waals surface area contributed by atoms with Crippen LogP contribution in [0.2, 0.25) is 0 Å². The number of ether oxygens (including phenoxy) is 2. The first-order chi connectivity index (χ1) is 17.0. The fourth-order valence-electron chi connectivity index (χ4n) is 3.99. The number of rotatable bonds is 4. The third-order valence-corrected chi connectivity index (χ3v) is 5.83. The van der Waals surface area contributed by atoms with Gasteiger partial charge in [-0.15, -0.1) is 0 Å². The molecule has 1 aliphatic heterocycles. The number of nitrogens with zero attached hydrogens (tertiary/aromatic N) is 1. The van der Waals surface area contributed by atoms with Gasteiger partial charge in [0.25, 0.3) is 5.91 Å². The van der Waals surface area contributed by atoms with Gasteiger partial charge in [0.05, 0.1) is 36.8 Å². The Bertz CT molecular complexity index is 1210. The van der Waals surface area contributed by atoms with Crippen molar-refractivity contribution in [1.29, 1.82) is 0 Å². The van der Waals surface area contributed by atoms with Gasteiger partial charge in [0.15, 0.2) is 0 Å². The molecule has 0 bridgehead atoms. The standard InChI is InChI=1S/C25H29N5O5/c1-34-16-9-10-18-22(14-16)35-13-12-27-25(33)20(8-4-5-11-26-24(18)32)28-23(31)15-21-17-6-2-3-7-19(17)29-30-21/h2-3,6-7,9-10,14,20H,4-5,8,11-13,15H2,1H3,(H,26,32)(H,27,33)(H,28,31)(H,29,30)/t20-/m0/s1. The van der Waals surface area contributed by atoms with Crippen LogP contribution in [0.3, 0.4) is 0 Å². The molecule has 0 aliphatic carbocycles. The number of para-hydroxylation sites is 1. The largest absolute Gasteiger partial charge is 0.497 e. The molecule has 1 atom stereocenters. The number of amides is 3. The quantitative estimate of drug-likeness (QED) is 0.450. The highest BCUT2D eigenvalue weighted by atomic mass is 16.5. The normalized spacial score (nSPS) is 17.3. The highest BCUT2D eigenvalue weighted by Crippen LogP contribution is 2.25. The molecule has 35 heavy (non-hydrogen) atoms. The third-order valence-electron chi connectivity index (χ3n) is 5.83. The molecule has 0 saturated carbocycles. The van der Waals surface area contributed by atoms with E-state index in [0.717, 1.165) is 10.9 Å². The number of aromatic nitrogens is 2. The first-order valence-electron chi connectivity index (χ1n) is 11.6. The lowest BCUT2D eigenvalue weighted by Gasteiger charge is -2.20. The molecule has 3 amide bonds. The fourth-order valence-corrected chi connectivity index (χ4v) is 3.99. The smallest absolute Gasteiger partial charge is 0.255 e. The minimum Gasteiger partial charge on any atom is -0.497 e. The molecule has 4 N–H and O–H groups in total. The van der Waals surface area contributed by atoms with Gasteiger partial charge in [0, 0.05) is 18.0 Å². The lowest BCUT2D eigenvalue weighted by Crippen LogP contribution is -2.48. The average molecular weight is 480 g/mol. The van der Waals surface area contributed by atoms with E-state index >= 15 is 0 Å². The molecule has 10 heteroatoms. The number of H-pyrrole nitrogens is 1. The zero-order valence-corrected chi connectivity index (χ0v) is 19.6. The van der Waals surface area contributed by atoms with E-state index < -0.39 is 6.04 Å². The minimum atomic E-state index is -0.692. The first-order valence-corrected chi connectivity index (χ1v) is 11.6. The Labute approximate surface area is 202 Å². The highest BCUT2D eigenvalue weighted by Gasteiger charge is 2.22. The Hall–Kier alpha value is -4.08. The summed E-state index contributed by atoms with van der Waals surface area (Å²) in [5.74, 6) is 0.161. The van der Waals surface area contributed by atoms with Crippen LogP contribution in [0.5, 0.6) is 11.5 Å². The van der Waals surface area contributed by atoms with Crippen molar-refractivity contribution in [2.24, 2.45) is 0 Å². The van der Waals surface area contributed by atoms with Crippen molar-refractivity contribution in [3.05, 3.63) is 53.7 Å². The Morgan fingerprint density at radius 2 is 2.00 bits per heavy atom. The first kappa shape index (κ1) is 24.1. The summed E-state index contributed by atoms with van der Waals surface area (Å²) in [5, 5.41) is 16.5. The molecule has 0 fully saturated rings. The number of carbonyl (C=O) groups is 3. The topological polar surface area (TPSA) is 134 Å². The van der Waals surface area contributed by atoms with Gasteiger partial charge in [-0.2, -0.15) is 5.10 Å². The summed E-state index contributed by atoms with van der Waals surface area (Å²) < 4.78 is 11.0. The summed E-state index contributed by atoms with van der Waals surface area (Å²) in [6.07, 6.45) is 1.84. The molecule has 3 aromatic rings. The van der Waals surface area contributed by atoms with E-state index in [0.29, 0.717) is 48.6 Å². The van der Waals surface area contributed by atoms with Crippen molar-refractivity contribution in [2.45, 2.75) is 31.7 Å². The molecule has 184 valence electrons. The van der Waals surface area contributed by atoms with Crippen molar-refractivity contribution < 1.29 is 23.9 Å². The molecule has 4 rings (SSSR count). The Balaban J connectivity index is 1.40. The number of hydrogen-bond acceptors (Lipinski definition) is 6. The summed E-state index contributed by atoms with van der Waals surface area (Å²) in [6, 6.07) is 11.8. The summed E-state index contributed by atoms with van der Waals surface area (Å²) >= 11 is 0. The predicted molar refractivity (Wildman–Crippen MR) is 129 cm³/mol. The second-order valence-electron chi connectivity index (χ2n) is 8.27. The SMILES string of the molecule is COc1ccc2c(c1)OCCNC(=O)[C@@H](NC(=O)Cc1[nH]nc3ccccc13)CCCCNC2=O. The van der Waals surface area contributed by atoms with Gasteiger partial charge < -0.3 is 25.4 Å². The number of hydrogen-bond donors (Lipinski definition) is 4. The summed E-state index contributed by atoms with van der Waals surface area (Å²) in [4.78, 5) is 38.2. The second kappa shape index (κ2) is 11.4. The Morgan fingerprint density at radius 3 is 2.86 bits per heavy atom. The van der Waals surface area contributed by atoms with Crippen LogP contribution in [0.4, 0.5) is 0 Å². The van der Waals surface area contributed by atoms with E-state index in [2.05, 4.69) is 26.1 Å². The predicted octanol–water partition coefficient (Wildman–Crippen LogP) is 1.71. The number of nitrogens with one attached hydrogen (secondary N) is 4. The molecule has 1 aromatic heterocycles. The van der Waals surface area contributed by atoms with Gasteiger partial charge in [-0.05, 0) is 37.5 Å². The maximum atomic E-state index is 12.8. The van der Waals surface area contributed by atoms with Gasteiger partial charge in [0.2, 0.25) is 11.8 Å². The van der Waals surface area contributed by atoms with Crippen molar-refractivity contribution in [2.75, 3.05) is 26.8 Å². The molecule has 0 saturated heterocycles. The maximum absolute atomic E-state index is 12.8. The van der Waals surface area contributed by atoms with Crippen LogP contribution >= 0.6 is 0 Å². The second-order valence-corrected chi connectivity index (χ2v) is 8.27. The maximum Gasteiger partial charge on any atom is 0.255 e. The number of benzene rings is 2. The van der Waals surface area contributed by atoms with Crippen LogP contribution in [0, 0.1) is 0 Å². The van der Waals surface area contributed by atoms with Crippen molar-refractivity contribution in [1.82, 2.24) is 26.1 Å². The average Bonchev–Trinajstić information content (AvgIpc) is 3.27. The van der Waals surface area contributed by atoms with Gasteiger partial charge in [-0.3, -0.25) is 19.5 Å². The molecular formula is C25H29N5O5. The van der Waals surface area contributed by atoms with E-state index in [1.165, 1.54) is 7.11 Å². The number of fused-ring (bicyclic) bond motifs is 2. The molecule has 0 unspecified atom stereocenters. The van der Waals surface area contributed by atoms with Crippen LogP contribution in [-0.4, -0.2) is 60.8 Å². The van der Waals surface area contributed by atoms with Crippen LogP contribution < -0.4 is 25.4 Å². The lowest BCUT2D eigenvalue weighted by atomic mass is 10.1.